The van der Waals surface area contributed by atoms with Gasteiger partial charge in [-0.3, -0.25) is 4.90 Å². The van der Waals surface area contributed by atoms with Crippen LogP contribution in [-0.2, 0) is 6.54 Å². The van der Waals surface area contributed by atoms with Crippen LogP contribution in [0.15, 0.2) is 27.3 Å². The summed E-state index contributed by atoms with van der Waals surface area (Å²) in [5.41, 5.74) is 0. The molecule has 1 saturated heterocycles. The molecule has 0 bridgehead atoms. The lowest BCUT2D eigenvalue weighted by Gasteiger charge is -2.24. The summed E-state index contributed by atoms with van der Waals surface area (Å²) in [5.74, 6) is 1.93. The smallest absolute Gasteiger partial charge is 0.223 e. The van der Waals surface area contributed by atoms with E-state index in [2.05, 4.69) is 15.0 Å². The Morgan fingerprint density at radius 3 is 3.15 bits per heavy atom. The van der Waals surface area contributed by atoms with Crippen molar-refractivity contribution in [1.82, 2.24) is 15.0 Å². The number of aryl methyl sites for hydroxylation is 1. The molecule has 0 aromatic carbocycles. The molecular formula is C14H19N3O3. The highest BCUT2D eigenvalue weighted by molar-refractivity contribution is 5.03. The first-order chi connectivity index (χ1) is 9.72. The van der Waals surface area contributed by atoms with Crippen molar-refractivity contribution in [2.45, 2.75) is 44.9 Å². The number of aromatic nitrogens is 2. The summed E-state index contributed by atoms with van der Waals surface area (Å²) in [6.45, 7) is 3.47. The molecule has 1 N–H and O–H groups in total. The Morgan fingerprint density at radius 1 is 1.55 bits per heavy atom. The molecule has 0 radical (unpaired) electrons. The van der Waals surface area contributed by atoms with Crippen LogP contribution in [0.2, 0.25) is 0 Å². The lowest BCUT2D eigenvalue weighted by Crippen LogP contribution is -2.30. The summed E-state index contributed by atoms with van der Waals surface area (Å²) in [7, 11) is 0. The Balaban J connectivity index is 1.60. The number of aliphatic hydroxyl groups is 1. The summed E-state index contributed by atoms with van der Waals surface area (Å²) in [6.07, 6.45) is 3.92. The zero-order valence-electron chi connectivity index (χ0n) is 11.5. The van der Waals surface area contributed by atoms with Gasteiger partial charge in [0.05, 0.1) is 12.8 Å². The molecule has 3 rings (SSSR count). The fraction of sp³-hybridized carbons (Fsp3) is 0.571. The molecule has 108 valence electrons. The minimum Gasteiger partial charge on any atom is -0.467 e. The maximum atomic E-state index is 10.2. The second-order valence-corrected chi connectivity index (χ2v) is 5.26. The largest absolute Gasteiger partial charge is 0.467 e. The number of hydrogen-bond acceptors (Lipinski definition) is 6. The molecule has 1 aliphatic heterocycles. The molecule has 2 aromatic rings. The minimum absolute atomic E-state index is 0.328. The minimum atomic E-state index is -0.553. The summed E-state index contributed by atoms with van der Waals surface area (Å²) in [6, 6.07) is 3.94. The Labute approximate surface area is 117 Å². The van der Waals surface area contributed by atoms with E-state index in [0.717, 1.165) is 19.4 Å². The molecular weight excluding hydrogens is 258 g/mol. The van der Waals surface area contributed by atoms with Crippen molar-refractivity contribution in [3.63, 3.8) is 0 Å². The van der Waals surface area contributed by atoms with Crippen molar-refractivity contribution in [1.29, 1.82) is 0 Å². The molecule has 1 aliphatic rings. The lowest BCUT2D eigenvalue weighted by molar-refractivity contribution is 0.0984. The summed E-state index contributed by atoms with van der Waals surface area (Å²) < 4.78 is 10.3. The van der Waals surface area contributed by atoms with Crippen molar-refractivity contribution in [2.75, 3.05) is 6.54 Å². The average Bonchev–Trinajstić information content (AvgIpc) is 3.13. The first-order valence-corrected chi connectivity index (χ1v) is 6.97. The van der Waals surface area contributed by atoms with E-state index < -0.39 is 6.10 Å². The van der Waals surface area contributed by atoms with Crippen molar-refractivity contribution >= 4 is 0 Å². The van der Waals surface area contributed by atoms with E-state index >= 15 is 0 Å². The predicted octanol–water partition coefficient (Wildman–Crippen LogP) is 2.06. The predicted molar refractivity (Wildman–Crippen MR) is 70.8 cm³/mol. The number of aliphatic hydroxyl groups excluding tert-OH is 1. The van der Waals surface area contributed by atoms with Gasteiger partial charge in [-0.05, 0) is 37.9 Å². The van der Waals surface area contributed by atoms with Crippen LogP contribution in [0.25, 0.3) is 0 Å². The van der Waals surface area contributed by atoms with Gasteiger partial charge < -0.3 is 14.0 Å². The van der Waals surface area contributed by atoms with Crippen LogP contribution in [0.5, 0.6) is 0 Å². The normalized spacial score (nSPS) is 21.4. The molecule has 6 heteroatoms. The standard InChI is InChI=1S/C14H19N3O3/c1-10-15-14(16-20-10)9-17-6-2-4-11(17)8-12(18)13-5-3-7-19-13/h3,5,7,11-12,18H,2,4,6,8-9H2,1H3. The van der Waals surface area contributed by atoms with Crippen molar-refractivity contribution in [3.05, 3.63) is 35.9 Å². The third-order valence-electron chi connectivity index (χ3n) is 3.78. The molecule has 2 atom stereocenters. The van der Waals surface area contributed by atoms with Gasteiger partial charge in [-0.2, -0.15) is 4.98 Å². The van der Waals surface area contributed by atoms with Gasteiger partial charge in [-0.25, -0.2) is 0 Å². The van der Waals surface area contributed by atoms with E-state index in [4.69, 9.17) is 8.94 Å². The molecule has 20 heavy (non-hydrogen) atoms. The van der Waals surface area contributed by atoms with Gasteiger partial charge in [-0.15, -0.1) is 0 Å². The van der Waals surface area contributed by atoms with E-state index in [1.54, 1.807) is 19.3 Å². The van der Waals surface area contributed by atoms with Crippen LogP contribution in [0.4, 0.5) is 0 Å². The zero-order chi connectivity index (χ0) is 13.9. The fourth-order valence-electron chi connectivity index (χ4n) is 2.81. The van der Waals surface area contributed by atoms with Crippen LogP contribution in [0, 0.1) is 6.92 Å². The quantitative estimate of drug-likeness (QED) is 0.901. The fourth-order valence-corrected chi connectivity index (χ4v) is 2.81. The van der Waals surface area contributed by atoms with Crippen LogP contribution in [0.1, 0.15) is 42.8 Å². The topological polar surface area (TPSA) is 75.5 Å². The molecule has 0 aliphatic carbocycles. The van der Waals surface area contributed by atoms with Crippen molar-refractivity contribution in [3.8, 4) is 0 Å². The summed E-state index contributed by atoms with van der Waals surface area (Å²) >= 11 is 0. The summed E-state index contributed by atoms with van der Waals surface area (Å²) in [5, 5.41) is 14.1. The summed E-state index contributed by atoms with van der Waals surface area (Å²) in [4.78, 5) is 6.54. The van der Waals surface area contributed by atoms with Crippen LogP contribution in [0.3, 0.4) is 0 Å². The van der Waals surface area contributed by atoms with Gasteiger partial charge in [-0.1, -0.05) is 5.16 Å². The van der Waals surface area contributed by atoms with Gasteiger partial charge in [0.25, 0.3) is 0 Å². The van der Waals surface area contributed by atoms with Gasteiger partial charge in [0.2, 0.25) is 5.89 Å². The molecule has 3 heterocycles. The molecule has 0 amide bonds. The average molecular weight is 277 g/mol. The Kier molecular flexibility index (Phi) is 3.84. The van der Waals surface area contributed by atoms with E-state index in [9.17, 15) is 5.11 Å². The number of hydrogen-bond donors (Lipinski definition) is 1. The SMILES string of the molecule is Cc1nc(CN2CCCC2CC(O)c2ccco2)no1. The molecule has 2 unspecified atom stereocenters. The van der Waals surface area contributed by atoms with Gasteiger partial charge >= 0.3 is 0 Å². The van der Waals surface area contributed by atoms with Crippen LogP contribution < -0.4 is 0 Å². The molecule has 6 nitrogen and oxygen atoms in total. The zero-order valence-corrected chi connectivity index (χ0v) is 11.5. The maximum absolute atomic E-state index is 10.2. The number of nitrogens with zero attached hydrogens (tertiary/aromatic N) is 3. The molecule has 1 fully saturated rings. The number of furan rings is 1. The number of rotatable bonds is 5. The maximum Gasteiger partial charge on any atom is 0.223 e. The van der Waals surface area contributed by atoms with Gasteiger partial charge in [0.15, 0.2) is 5.82 Å². The Morgan fingerprint density at radius 2 is 2.45 bits per heavy atom. The molecule has 0 spiro atoms. The third kappa shape index (κ3) is 2.91. The lowest BCUT2D eigenvalue weighted by atomic mass is 10.1. The van der Waals surface area contributed by atoms with E-state index in [1.807, 2.05) is 6.07 Å². The molecule has 0 saturated carbocycles. The Bertz CT molecular complexity index is 538. The van der Waals surface area contributed by atoms with Gasteiger partial charge in [0, 0.05) is 13.0 Å². The van der Waals surface area contributed by atoms with E-state index in [1.165, 1.54) is 0 Å². The van der Waals surface area contributed by atoms with Crippen molar-refractivity contribution in [2.24, 2.45) is 0 Å². The second kappa shape index (κ2) is 5.76. The Hall–Kier alpha value is -1.66. The first-order valence-electron chi connectivity index (χ1n) is 6.97. The highest BCUT2D eigenvalue weighted by Crippen LogP contribution is 2.28. The van der Waals surface area contributed by atoms with E-state index in [-0.39, 0.29) is 0 Å². The monoisotopic (exact) mass is 277 g/mol. The second-order valence-electron chi connectivity index (χ2n) is 5.26. The van der Waals surface area contributed by atoms with Crippen LogP contribution >= 0.6 is 0 Å². The van der Waals surface area contributed by atoms with Crippen molar-refractivity contribution < 1.29 is 14.0 Å². The first kappa shape index (κ1) is 13.3. The van der Waals surface area contributed by atoms with Crippen LogP contribution in [-0.4, -0.2) is 32.7 Å². The highest BCUT2D eigenvalue weighted by Gasteiger charge is 2.28. The third-order valence-corrected chi connectivity index (χ3v) is 3.78. The number of likely N-dealkylation sites (tertiary alicyclic amines) is 1. The molecule has 2 aromatic heterocycles. The van der Waals surface area contributed by atoms with Gasteiger partial charge in [0.1, 0.15) is 11.9 Å². The van der Waals surface area contributed by atoms with E-state index in [0.29, 0.717) is 36.5 Å². The highest BCUT2D eigenvalue weighted by atomic mass is 16.5.